The van der Waals surface area contributed by atoms with E-state index in [0.29, 0.717) is 11.8 Å². The lowest BCUT2D eigenvalue weighted by Gasteiger charge is -2.35. The molecule has 0 bridgehead atoms. The fraction of sp³-hybridized carbons (Fsp3) is 0.923. The van der Waals surface area contributed by atoms with Gasteiger partial charge < -0.3 is 19.8 Å². The molecule has 0 radical (unpaired) electrons. The van der Waals surface area contributed by atoms with Crippen LogP contribution in [0.25, 0.3) is 0 Å². The summed E-state index contributed by atoms with van der Waals surface area (Å²) in [6, 6.07) is 0. The van der Waals surface area contributed by atoms with Gasteiger partial charge in [0.05, 0.1) is 5.92 Å². The highest BCUT2D eigenvalue weighted by Crippen LogP contribution is 2.24. The Morgan fingerprint density at radius 1 is 1.44 bits per heavy atom. The van der Waals surface area contributed by atoms with E-state index < -0.39 is 0 Å². The number of hydrogen-bond donors (Lipinski definition) is 1. The first-order chi connectivity index (χ1) is 8.58. The van der Waals surface area contributed by atoms with Crippen LogP contribution >= 0.6 is 0 Å². The molecular formula is C13H25N3O2. The molecule has 0 amide bonds. The van der Waals surface area contributed by atoms with Crippen molar-refractivity contribution >= 4 is 5.90 Å². The molecule has 18 heavy (non-hydrogen) atoms. The lowest BCUT2D eigenvalue weighted by Crippen LogP contribution is -2.47. The quantitative estimate of drug-likeness (QED) is 0.811. The summed E-state index contributed by atoms with van der Waals surface area (Å²) in [6.07, 6.45) is 1.21. The van der Waals surface area contributed by atoms with Crippen molar-refractivity contribution in [2.45, 2.75) is 32.5 Å². The van der Waals surface area contributed by atoms with Crippen LogP contribution in [0, 0.1) is 11.8 Å². The van der Waals surface area contributed by atoms with E-state index in [1.807, 2.05) is 0 Å². The molecule has 1 fully saturated rings. The molecule has 0 spiro atoms. The highest BCUT2D eigenvalue weighted by atomic mass is 16.7. The molecule has 0 aliphatic carbocycles. The smallest absolute Gasteiger partial charge is 0.230 e. The third-order valence-corrected chi connectivity index (χ3v) is 3.51. The number of hydrogen-bond acceptors (Lipinski definition) is 5. The summed E-state index contributed by atoms with van der Waals surface area (Å²) >= 11 is 0. The number of rotatable bonds is 4. The fourth-order valence-corrected chi connectivity index (χ4v) is 2.51. The number of nitrogens with one attached hydrogen (secondary N) is 1. The molecule has 2 rings (SSSR count). The minimum absolute atomic E-state index is 0.0468. The van der Waals surface area contributed by atoms with Crippen molar-refractivity contribution in [1.29, 1.82) is 0 Å². The monoisotopic (exact) mass is 255 g/mol. The Balaban J connectivity index is 2.03. The van der Waals surface area contributed by atoms with Crippen molar-refractivity contribution in [3.05, 3.63) is 0 Å². The third kappa shape index (κ3) is 3.14. The van der Waals surface area contributed by atoms with Gasteiger partial charge in [0.2, 0.25) is 5.90 Å². The SMILES string of the molecule is CC(C)C1ON=C(C2CCNC2)OC1CN(C)C. The maximum atomic E-state index is 6.10. The predicted molar refractivity (Wildman–Crippen MR) is 71.5 cm³/mol. The maximum Gasteiger partial charge on any atom is 0.230 e. The van der Waals surface area contributed by atoms with Gasteiger partial charge in [0.15, 0.2) is 12.2 Å². The maximum absolute atomic E-state index is 6.10. The third-order valence-electron chi connectivity index (χ3n) is 3.51. The van der Waals surface area contributed by atoms with Gasteiger partial charge in [-0.3, -0.25) is 0 Å². The van der Waals surface area contributed by atoms with Crippen LogP contribution in [0.4, 0.5) is 0 Å². The molecule has 0 aromatic rings. The number of likely N-dealkylation sites (N-methyl/N-ethyl adjacent to an activating group) is 1. The topological polar surface area (TPSA) is 46.1 Å². The molecule has 3 atom stereocenters. The molecule has 1 N–H and O–H groups in total. The second-order valence-corrected chi connectivity index (χ2v) is 5.85. The lowest BCUT2D eigenvalue weighted by atomic mass is 10.0. The summed E-state index contributed by atoms with van der Waals surface area (Å²) in [4.78, 5) is 7.82. The Hall–Kier alpha value is -0.810. The summed E-state index contributed by atoms with van der Waals surface area (Å²) in [5, 5.41) is 7.54. The van der Waals surface area contributed by atoms with Crippen LogP contribution in [0.5, 0.6) is 0 Å². The molecule has 2 aliphatic heterocycles. The predicted octanol–water partition coefficient (Wildman–Crippen LogP) is 0.911. The van der Waals surface area contributed by atoms with Gasteiger partial charge in [-0.15, -0.1) is 0 Å². The van der Waals surface area contributed by atoms with Crippen LogP contribution in [0.15, 0.2) is 5.16 Å². The number of oxime groups is 1. The summed E-state index contributed by atoms with van der Waals surface area (Å²) in [6.45, 7) is 7.15. The highest BCUT2D eigenvalue weighted by Gasteiger charge is 2.36. The van der Waals surface area contributed by atoms with Gasteiger partial charge in [0, 0.05) is 13.1 Å². The van der Waals surface area contributed by atoms with Gasteiger partial charge in [-0.05, 0) is 33.0 Å². The molecule has 1 saturated heterocycles. The molecule has 0 aromatic heterocycles. The van der Waals surface area contributed by atoms with Crippen molar-refractivity contribution < 1.29 is 9.57 Å². The van der Waals surface area contributed by atoms with Gasteiger partial charge >= 0.3 is 0 Å². The Morgan fingerprint density at radius 2 is 2.22 bits per heavy atom. The minimum Gasteiger partial charge on any atom is -0.470 e. The van der Waals surface area contributed by atoms with Crippen LogP contribution < -0.4 is 5.32 Å². The molecule has 3 unspecified atom stereocenters. The Bertz CT molecular complexity index is 299. The van der Waals surface area contributed by atoms with E-state index in [1.54, 1.807) is 0 Å². The van der Waals surface area contributed by atoms with Gasteiger partial charge in [0.1, 0.15) is 0 Å². The van der Waals surface area contributed by atoms with E-state index in [4.69, 9.17) is 9.57 Å². The Kier molecular flexibility index (Phi) is 4.45. The molecule has 104 valence electrons. The molecular weight excluding hydrogens is 230 g/mol. The molecule has 5 nitrogen and oxygen atoms in total. The van der Waals surface area contributed by atoms with E-state index in [-0.39, 0.29) is 12.2 Å². The lowest BCUT2D eigenvalue weighted by molar-refractivity contribution is -0.0921. The van der Waals surface area contributed by atoms with Crippen molar-refractivity contribution in [2.24, 2.45) is 17.0 Å². The summed E-state index contributed by atoms with van der Waals surface area (Å²) in [5.41, 5.74) is 0. The first-order valence-corrected chi connectivity index (χ1v) is 6.83. The summed E-state index contributed by atoms with van der Waals surface area (Å²) in [5.74, 6) is 1.56. The van der Waals surface area contributed by atoms with Gasteiger partial charge in [-0.1, -0.05) is 19.0 Å². The second-order valence-electron chi connectivity index (χ2n) is 5.85. The van der Waals surface area contributed by atoms with E-state index in [0.717, 1.165) is 32.0 Å². The van der Waals surface area contributed by atoms with Crippen LogP contribution in [0.2, 0.25) is 0 Å². The fourth-order valence-electron chi connectivity index (χ4n) is 2.51. The van der Waals surface area contributed by atoms with Crippen molar-refractivity contribution in [3.8, 4) is 0 Å². The van der Waals surface area contributed by atoms with Crippen molar-refractivity contribution in [2.75, 3.05) is 33.7 Å². The van der Waals surface area contributed by atoms with Crippen LogP contribution in [-0.4, -0.2) is 56.7 Å². The van der Waals surface area contributed by atoms with Crippen molar-refractivity contribution in [1.82, 2.24) is 10.2 Å². The zero-order valence-electron chi connectivity index (χ0n) is 11.8. The standard InChI is InChI=1S/C13H25N3O2/c1-9(2)12-11(8-16(3)4)17-13(15-18-12)10-5-6-14-7-10/h9-12,14H,5-8H2,1-4H3. The molecule has 5 heteroatoms. The molecule has 2 aliphatic rings. The first kappa shape index (κ1) is 13.6. The van der Waals surface area contributed by atoms with E-state index in [2.05, 4.69) is 43.3 Å². The zero-order valence-corrected chi connectivity index (χ0v) is 11.8. The number of ether oxygens (including phenoxy) is 1. The van der Waals surface area contributed by atoms with E-state index in [1.165, 1.54) is 0 Å². The number of nitrogens with zero attached hydrogens (tertiary/aromatic N) is 2. The zero-order chi connectivity index (χ0) is 13.1. The minimum atomic E-state index is 0.0468. The van der Waals surface area contributed by atoms with Gasteiger partial charge in [0.25, 0.3) is 0 Å². The van der Waals surface area contributed by atoms with Crippen LogP contribution in [0.1, 0.15) is 20.3 Å². The van der Waals surface area contributed by atoms with E-state index in [9.17, 15) is 0 Å². The van der Waals surface area contributed by atoms with Crippen LogP contribution in [-0.2, 0) is 9.57 Å². The summed E-state index contributed by atoms with van der Waals surface area (Å²) < 4.78 is 6.10. The Labute approximate surface area is 109 Å². The molecule has 0 aromatic carbocycles. The first-order valence-electron chi connectivity index (χ1n) is 6.83. The highest BCUT2D eigenvalue weighted by molar-refractivity contribution is 5.79. The second kappa shape index (κ2) is 5.89. The van der Waals surface area contributed by atoms with Gasteiger partial charge in [-0.25, -0.2) is 0 Å². The van der Waals surface area contributed by atoms with Gasteiger partial charge in [-0.2, -0.15) is 0 Å². The molecule has 2 heterocycles. The van der Waals surface area contributed by atoms with Crippen molar-refractivity contribution in [3.63, 3.8) is 0 Å². The summed E-state index contributed by atoms with van der Waals surface area (Å²) in [7, 11) is 4.12. The normalized spacial score (nSPS) is 32.3. The molecule has 0 saturated carbocycles. The Morgan fingerprint density at radius 3 is 2.78 bits per heavy atom. The largest absolute Gasteiger partial charge is 0.470 e. The van der Waals surface area contributed by atoms with Crippen LogP contribution in [0.3, 0.4) is 0 Å². The van der Waals surface area contributed by atoms with E-state index >= 15 is 0 Å². The average molecular weight is 255 g/mol. The average Bonchev–Trinajstić information content (AvgIpc) is 2.81.